The molecule has 0 aliphatic heterocycles. The summed E-state index contributed by atoms with van der Waals surface area (Å²) in [7, 11) is 4.67. The Hall–Kier alpha value is -3.33. The number of methoxy groups -OCH3 is 3. The van der Waals surface area contributed by atoms with Gasteiger partial charge in [0.2, 0.25) is 10.5 Å². The fourth-order valence-electron chi connectivity index (χ4n) is 2.50. The van der Waals surface area contributed by atoms with Crippen molar-refractivity contribution in [2.45, 2.75) is 6.61 Å². The van der Waals surface area contributed by atoms with Crippen molar-refractivity contribution in [3.63, 3.8) is 0 Å². The molecule has 0 atom stereocenters. The van der Waals surface area contributed by atoms with Crippen LogP contribution >= 0.6 is 12.2 Å². The lowest BCUT2D eigenvalue weighted by Crippen LogP contribution is -2.04. The number of hydrogen-bond acceptors (Lipinski definition) is 7. The van der Waals surface area contributed by atoms with Gasteiger partial charge >= 0.3 is 0 Å². The van der Waals surface area contributed by atoms with E-state index in [9.17, 15) is 0 Å². The van der Waals surface area contributed by atoms with Gasteiger partial charge in [0, 0.05) is 5.56 Å². The molecular weight excluding hydrogens is 380 g/mol. The molecule has 8 nitrogen and oxygen atoms in total. The third-order valence-electron chi connectivity index (χ3n) is 3.84. The zero-order valence-corrected chi connectivity index (χ0v) is 16.5. The summed E-state index contributed by atoms with van der Waals surface area (Å²) in [6, 6.07) is 13.0. The van der Waals surface area contributed by atoms with Gasteiger partial charge in [0.1, 0.15) is 12.4 Å². The van der Waals surface area contributed by atoms with Gasteiger partial charge in [-0.2, -0.15) is 14.9 Å². The quantitative estimate of drug-likeness (QED) is 0.461. The molecule has 3 rings (SSSR count). The van der Waals surface area contributed by atoms with Crippen LogP contribution in [0.4, 0.5) is 0 Å². The fourth-order valence-corrected chi connectivity index (χ4v) is 2.70. The summed E-state index contributed by atoms with van der Waals surface area (Å²) in [6.45, 7) is 0.212. The van der Waals surface area contributed by atoms with Crippen LogP contribution in [-0.4, -0.2) is 42.4 Å². The van der Waals surface area contributed by atoms with Crippen molar-refractivity contribution in [3.8, 4) is 23.0 Å². The first kappa shape index (κ1) is 19.4. The summed E-state index contributed by atoms with van der Waals surface area (Å²) in [5.41, 5.74) is 0.743. The van der Waals surface area contributed by atoms with Gasteiger partial charge in [-0.05, 0) is 36.5 Å². The second-order valence-corrected chi connectivity index (χ2v) is 5.95. The molecule has 0 bridgehead atoms. The first-order chi connectivity index (χ1) is 13.7. The van der Waals surface area contributed by atoms with Crippen LogP contribution in [0.3, 0.4) is 0 Å². The average molecular weight is 400 g/mol. The number of aromatic nitrogens is 3. The normalized spacial score (nSPS) is 10.8. The molecule has 1 aromatic heterocycles. The predicted molar refractivity (Wildman–Crippen MR) is 107 cm³/mol. The number of nitrogens with one attached hydrogen (secondary N) is 1. The molecule has 28 heavy (non-hydrogen) atoms. The van der Waals surface area contributed by atoms with Gasteiger partial charge in [-0.25, -0.2) is 5.10 Å². The first-order valence-corrected chi connectivity index (χ1v) is 8.75. The van der Waals surface area contributed by atoms with E-state index in [1.807, 2.05) is 30.3 Å². The Morgan fingerprint density at radius 2 is 1.75 bits per heavy atom. The van der Waals surface area contributed by atoms with E-state index in [0.717, 1.165) is 11.3 Å². The van der Waals surface area contributed by atoms with Crippen molar-refractivity contribution in [1.29, 1.82) is 0 Å². The zero-order valence-electron chi connectivity index (χ0n) is 15.7. The lowest BCUT2D eigenvalue weighted by Gasteiger charge is -2.12. The summed E-state index contributed by atoms with van der Waals surface area (Å²) < 4.78 is 23.6. The monoisotopic (exact) mass is 400 g/mol. The van der Waals surface area contributed by atoms with Crippen LogP contribution in [0.5, 0.6) is 23.0 Å². The molecule has 0 saturated heterocycles. The molecule has 3 aromatic rings. The van der Waals surface area contributed by atoms with E-state index in [1.54, 1.807) is 39.7 Å². The molecule has 0 unspecified atom stereocenters. The molecule has 146 valence electrons. The van der Waals surface area contributed by atoms with Crippen molar-refractivity contribution in [2.24, 2.45) is 5.10 Å². The topological polar surface area (TPSA) is 82.9 Å². The van der Waals surface area contributed by atoms with Gasteiger partial charge in [-0.3, -0.25) is 0 Å². The Labute approximate surface area is 167 Å². The van der Waals surface area contributed by atoms with Crippen LogP contribution in [-0.2, 0) is 6.61 Å². The smallest absolute Gasteiger partial charge is 0.216 e. The molecule has 0 aliphatic carbocycles. The van der Waals surface area contributed by atoms with Crippen LogP contribution in [0.1, 0.15) is 11.4 Å². The standard InChI is InChI=1S/C19H20N4O4S/c1-24-15-9-13(10-16(25-2)18(15)26-3)11-20-23-17(21-22-19(23)28)12-27-14-7-5-4-6-8-14/h4-11H,12H2,1-3H3,(H,22,28)/b20-11-. The van der Waals surface area contributed by atoms with Crippen molar-refractivity contribution in [3.05, 3.63) is 58.6 Å². The number of hydrogen-bond donors (Lipinski definition) is 1. The van der Waals surface area contributed by atoms with E-state index in [1.165, 1.54) is 4.68 Å². The fraction of sp³-hybridized carbons (Fsp3) is 0.211. The zero-order chi connectivity index (χ0) is 19.9. The maximum atomic E-state index is 5.72. The van der Waals surface area contributed by atoms with Crippen LogP contribution in [0.25, 0.3) is 0 Å². The molecule has 0 saturated carbocycles. The molecule has 1 heterocycles. The van der Waals surface area contributed by atoms with Crippen LogP contribution in [0, 0.1) is 4.77 Å². The number of para-hydroxylation sites is 1. The number of rotatable bonds is 8. The SMILES string of the molecule is COc1cc(/C=N\n2c(COc3ccccc3)n[nH]c2=S)cc(OC)c1OC. The molecule has 0 spiro atoms. The van der Waals surface area contributed by atoms with Gasteiger partial charge < -0.3 is 18.9 Å². The van der Waals surface area contributed by atoms with E-state index in [-0.39, 0.29) is 6.61 Å². The number of aromatic amines is 1. The third kappa shape index (κ3) is 4.32. The maximum absolute atomic E-state index is 5.72. The van der Waals surface area contributed by atoms with Gasteiger partial charge in [-0.15, -0.1) is 0 Å². The van der Waals surface area contributed by atoms with Gasteiger partial charge in [0.25, 0.3) is 0 Å². The molecule has 9 heteroatoms. The van der Waals surface area contributed by atoms with E-state index < -0.39 is 0 Å². The summed E-state index contributed by atoms with van der Waals surface area (Å²) in [6.07, 6.45) is 1.63. The summed E-state index contributed by atoms with van der Waals surface area (Å²) in [5, 5.41) is 11.3. The van der Waals surface area contributed by atoms with Crippen molar-refractivity contribution in [2.75, 3.05) is 21.3 Å². The highest BCUT2D eigenvalue weighted by Gasteiger charge is 2.13. The number of H-pyrrole nitrogens is 1. The highest BCUT2D eigenvalue weighted by atomic mass is 32.1. The van der Waals surface area contributed by atoms with Crippen molar-refractivity contribution < 1.29 is 18.9 Å². The van der Waals surface area contributed by atoms with Crippen molar-refractivity contribution in [1.82, 2.24) is 14.9 Å². The molecule has 0 fully saturated rings. The second-order valence-electron chi connectivity index (χ2n) is 5.56. The molecule has 1 N–H and O–H groups in total. The van der Waals surface area contributed by atoms with E-state index in [4.69, 9.17) is 31.2 Å². The van der Waals surface area contributed by atoms with E-state index in [2.05, 4.69) is 15.3 Å². The lowest BCUT2D eigenvalue weighted by atomic mass is 10.2. The Kier molecular flexibility index (Phi) is 6.28. The van der Waals surface area contributed by atoms with Gasteiger partial charge in [-0.1, -0.05) is 18.2 Å². The van der Waals surface area contributed by atoms with Gasteiger partial charge in [0.05, 0.1) is 27.5 Å². The van der Waals surface area contributed by atoms with Gasteiger partial charge in [0.15, 0.2) is 17.3 Å². The number of benzene rings is 2. The predicted octanol–water partition coefficient (Wildman–Crippen LogP) is 3.43. The molecule has 0 amide bonds. The molecule has 0 radical (unpaired) electrons. The molecule has 2 aromatic carbocycles. The molecular formula is C19H20N4O4S. The minimum absolute atomic E-state index is 0.212. The largest absolute Gasteiger partial charge is 0.493 e. The Bertz CT molecular complexity index is 989. The summed E-state index contributed by atoms with van der Waals surface area (Å²) in [4.78, 5) is 0. The van der Waals surface area contributed by atoms with E-state index >= 15 is 0 Å². The van der Waals surface area contributed by atoms with Crippen LogP contribution < -0.4 is 18.9 Å². The summed E-state index contributed by atoms with van der Waals surface area (Å²) >= 11 is 5.26. The number of nitrogens with zero attached hydrogens (tertiary/aromatic N) is 3. The Balaban J connectivity index is 1.85. The third-order valence-corrected chi connectivity index (χ3v) is 4.10. The highest BCUT2D eigenvalue weighted by Crippen LogP contribution is 2.37. The average Bonchev–Trinajstić information content (AvgIpc) is 3.09. The van der Waals surface area contributed by atoms with Crippen LogP contribution in [0.2, 0.25) is 0 Å². The Morgan fingerprint density at radius 1 is 1.07 bits per heavy atom. The maximum Gasteiger partial charge on any atom is 0.216 e. The summed E-state index contributed by atoms with van der Waals surface area (Å²) in [5.74, 6) is 2.85. The van der Waals surface area contributed by atoms with Crippen molar-refractivity contribution >= 4 is 18.4 Å². The lowest BCUT2D eigenvalue weighted by molar-refractivity contribution is 0.290. The Morgan fingerprint density at radius 3 is 2.36 bits per heavy atom. The number of ether oxygens (including phenoxy) is 4. The molecule has 0 aliphatic rings. The first-order valence-electron chi connectivity index (χ1n) is 8.34. The minimum atomic E-state index is 0.212. The van der Waals surface area contributed by atoms with E-state index in [0.29, 0.717) is 27.8 Å². The highest BCUT2D eigenvalue weighted by molar-refractivity contribution is 7.71. The second kappa shape index (κ2) is 9.05. The minimum Gasteiger partial charge on any atom is -0.493 e. The van der Waals surface area contributed by atoms with Crippen LogP contribution in [0.15, 0.2) is 47.6 Å².